The summed E-state index contributed by atoms with van der Waals surface area (Å²) in [5.41, 5.74) is 2.97. The summed E-state index contributed by atoms with van der Waals surface area (Å²) in [6.07, 6.45) is -0.395. The molecule has 0 aromatic heterocycles. The molecule has 38 heavy (non-hydrogen) atoms. The Balaban J connectivity index is 1.53. The molecule has 0 fully saturated rings. The van der Waals surface area contributed by atoms with Crippen LogP contribution in [0.1, 0.15) is 36.1 Å². The number of rotatable bonds is 10. The number of aliphatic hydroxyl groups is 1. The maximum atomic E-state index is 13.9. The number of carbonyl (C=O) groups excluding carboxylic acids is 1. The molecule has 3 aromatic rings. The van der Waals surface area contributed by atoms with E-state index in [0.29, 0.717) is 12.1 Å². The van der Waals surface area contributed by atoms with Gasteiger partial charge in [0.1, 0.15) is 11.6 Å². The first kappa shape index (κ1) is 27.9. The quantitative estimate of drug-likeness (QED) is 0.365. The van der Waals surface area contributed by atoms with Crippen LogP contribution in [0.4, 0.5) is 8.78 Å². The molecule has 202 valence electrons. The predicted molar refractivity (Wildman–Crippen MR) is 141 cm³/mol. The van der Waals surface area contributed by atoms with Crippen molar-refractivity contribution < 1.29 is 27.1 Å². The summed E-state index contributed by atoms with van der Waals surface area (Å²) < 4.78 is 52.5. The van der Waals surface area contributed by atoms with E-state index in [4.69, 9.17) is 0 Å². The number of carbonyl (C=O) groups is 1. The lowest BCUT2D eigenvalue weighted by molar-refractivity contribution is -0.124. The first-order chi connectivity index (χ1) is 18.0. The number of hydrogen-bond acceptors (Lipinski definition) is 5. The third-order valence-corrected chi connectivity index (χ3v) is 9.60. The zero-order valence-electron chi connectivity index (χ0n) is 21.4. The van der Waals surface area contributed by atoms with Crippen molar-refractivity contribution in [2.75, 3.05) is 6.54 Å². The molecule has 3 atom stereocenters. The van der Waals surface area contributed by atoms with Gasteiger partial charge in [0.2, 0.25) is 5.91 Å². The number of nitrogens with one attached hydrogen (secondary N) is 2. The van der Waals surface area contributed by atoms with Crippen LogP contribution in [0.15, 0.2) is 71.6 Å². The Bertz CT molecular complexity index is 1410. The molecular formula is C29H32F2N2O4S. The van der Waals surface area contributed by atoms with E-state index in [1.54, 1.807) is 18.2 Å². The highest BCUT2D eigenvalue weighted by molar-refractivity contribution is 7.94. The number of aryl methyl sites for hydroxylation is 1. The molecule has 3 aromatic carbocycles. The Morgan fingerprint density at radius 1 is 1.00 bits per heavy atom. The Kier molecular flexibility index (Phi) is 8.30. The van der Waals surface area contributed by atoms with E-state index in [1.807, 2.05) is 18.2 Å². The van der Waals surface area contributed by atoms with Gasteiger partial charge in [0, 0.05) is 25.6 Å². The van der Waals surface area contributed by atoms with Crippen LogP contribution in [0.2, 0.25) is 0 Å². The van der Waals surface area contributed by atoms with Gasteiger partial charge in [-0.15, -0.1) is 0 Å². The van der Waals surface area contributed by atoms with Crippen LogP contribution in [0.5, 0.6) is 0 Å². The summed E-state index contributed by atoms with van der Waals surface area (Å²) in [6.45, 7) is 3.94. The molecular weight excluding hydrogens is 510 g/mol. The molecule has 4 rings (SSSR count). The van der Waals surface area contributed by atoms with E-state index in [1.165, 1.54) is 18.6 Å². The third-order valence-electron chi connectivity index (χ3n) is 7.10. The van der Waals surface area contributed by atoms with Crippen molar-refractivity contribution in [2.45, 2.75) is 61.4 Å². The summed E-state index contributed by atoms with van der Waals surface area (Å²) in [7, 11) is -3.99. The smallest absolute Gasteiger partial charge is 0.242 e. The zero-order valence-corrected chi connectivity index (χ0v) is 22.2. The number of amides is 1. The van der Waals surface area contributed by atoms with Crippen LogP contribution in [0, 0.1) is 11.6 Å². The number of fused-ring (bicyclic) bond motifs is 1. The lowest BCUT2D eigenvalue weighted by atomic mass is 9.97. The average molecular weight is 543 g/mol. The molecule has 9 heteroatoms. The fourth-order valence-electron chi connectivity index (χ4n) is 4.87. The second kappa shape index (κ2) is 11.3. The van der Waals surface area contributed by atoms with Gasteiger partial charge in [-0.25, -0.2) is 17.2 Å². The van der Waals surface area contributed by atoms with E-state index in [9.17, 15) is 27.1 Å². The van der Waals surface area contributed by atoms with Gasteiger partial charge in [0.05, 0.1) is 17.0 Å². The summed E-state index contributed by atoms with van der Waals surface area (Å²) in [5, 5.41) is 16.9. The Labute approximate surface area is 222 Å². The summed E-state index contributed by atoms with van der Waals surface area (Å²) in [4.78, 5) is 13.6. The molecule has 3 N–H and O–H groups in total. The Morgan fingerprint density at radius 3 is 2.37 bits per heavy atom. The molecule has 1 aliphatic heterocycles. The van der Waals surface area contributed by atoms with Gasteiger partial charge in [-0.05, 0) is 60.2 Å². The highest BCUT2D eigenvalue weighted by Crippen LogP contribution is 2.39. The van der Waals surface area contributed by atoms with Crippen molar-refractivity contribution in [3.05, 3.63) is 101 Å². The Hall–Kier alpha value is -3.14. The lowest BCUT2D eigenvalue weighted by Crippen LogP contribution is -2.56. The fourth-order valence-corrected chi connectivity index (χ4v) is 6.75. The molecule has 0 aliphatic carbocycles. The van der Waals surface area contributed by atoms with E-state index in [0.717, 1.165) is 30.2 Å². The minimum Gasteiger partial charge on any atom is -0.390 e. The van der Waals surface area contributed by atoms with Crippen LogP contribution in [-0.2, 0) is 40.4 Å². The van der Waals surface area contributed by atoms with Gasteiger partial charge in [0.25, 0.3) is 0 Å². The van der Waals surface area contributed by atoms with Crippen LogP contribution in [0.25, 0.3) is 0 Å². The molecule has 0 spiro atoms. The molecule has 6 nitrogen and oxygen atoms in total. The monoisotopic (exact) mass is 542 g/mol. The minimum atomic E-state index is -3.99. The molecule has 1 aliphatic rings. The predicted octanol–water partition coefficient (Wildman–Crippen LogP) is 3.49. The van der Waals surface area contributed by atoms with Crippen LogP contribution in [-0.4, -0.2) is 42.9 Å². The normalized spacial score (nSPS) is 19.5. The van der Waals surface area contributed by atoms with Gasteiger partial charge >= 0.3 is 0 Å². The SMILES string of the molecule is CCc1cccc(CNCC(O)C(Cc2cc(F)cc(F)c2)NC(=O)C2(C)Cc3ccccc3S2(=O)=O)c1. The van der Waals surface area contributed by atoms with Crippen molar-refractivity contribution in [1.82, 2.24) is 10.6 Å². The second-order valence-electron chi connectivity index (χ2n) is 9.95. The Morgan fingerprint density at radius 2 is 1.68 bits per heavy atom. The van der Waals surface area contributed by atoms with E-state index < -0.39 is 44.3 Å². The topological polar surface area (TPSA) is 95.5 Å². The summed E-state index contributed by atoms with van der Waals surface area (Å²) >= 11 is 0. The van der Waals surface area contributed by atoms with E-state index >= 15 is 0 Å². The van der Waals surface area contributed by atoms with Crippen LogP contribution >= 0.6 is 0 Å². The van der Waals surface area contributed by atoms with Crippen molar-refractivity contribution >= 4 is 15.7 Å². The van der Waals surface area contributed by atoms with Crippen molar-refractivity contribution in [3.63, 3.8) is 0 Å². The number of hydrogen-bond donors (Lipinski definition) is 3. The van der Waals surface area contributed by atoms with Crippen molar-refractivity contribution in [1.29, 1.82) is 0 Å². The van der Waals surface area contributed by atoms with Gasteiger partial charge in [-0.2, -0.15) is 0 Å². The van der Waals surface area contributed by atoms with Gasteiger partial charge < -0.3 is 15.7 Å². The second-order valence-corrected chi connectivity index (χ2v) is 12.3. The van der Waals surface area contributed by atoms with Gasteiger partial charge in [-0.3, -0.25) is 4.79 Å². The number of sulfone groups is 1. The van der Waals surface area contributed by atoms with Crippen molar-refractivity contribution in [2.24, 2.45) is 0 Å². The first-order valence-electron chi connectivity index (χ1n) is 12.6. The largest absolute Gasteiger partial charge is 0.390 e. The molecule has 1 amide bonds. The number of halogens is 2. The number of aliphatic hydroxyl groups excluding tert-OH is 1. The third kappa shape index (κ3) is 5.80. The molecule has 0 radical (unpaired) electrons. The fraction of sp³-hybridized carbons (Fsp3) is 0.345. The summed E-state index contributed by atoms with van der Waals surface area (Å²) in [6, 6.07) is 16.4. The van der Waals surface area contributed by atoms with Crippen LogP contribution < -0.4 is 10.6 Å². The van der Waals surface area contributed by atoms with Crippen molar-refractivity contribution in [3.8, 4) is 0 Å². The zero-order chi connectivity index (χ0) is 27.5. The maximum Gasteiger partial charge on any atom is 0.242 e. The molecule has 0 saturated heterocycles. The summed E-state index contributed by atoms with van der Waals surface area (Å²) in [5.74, 6) is -2.34. The maximum absolute atomic E-state index is 13.9. The van der Waals surface area contributed by atoms with Gasteiger partial charge in [0.15, 0.2) is 14.6 Å². The standard InChI is InChI=1S/C29H32F2N2O4S/c1-3-19-7-6-8-20(11-19)17-32-18-26(34)25(14-21-12-23(30)15-24(31)13-21)33-28(35)29(2)16-22-9-4-5-10-27(22)38(29,36)37/h4-13,15,25-26,32,34H,3,14,16-18H2,1-2H3,(H,33,35). The molecule has 3 unspecified atom stereocenters. The highest BCUT2D eigenvalue weighted by Gasteiger charge is 2.53. The van der Waals surface area contributed by atoms with Crippen LogP contribution in [0.3, 0.4) is 0 Å². The highest BCUT2D eigenvalue weighted by atomic mass is 32.2. The first-order valence-corrected chi connectivity index (χ1v) is 14.1. The van der Waals surface area contributed by atoms with E-state index in [2.05, 4.69) is 23.6 Å². The average Bonchev–Trinajstić information content (AvgIpc) is 3.09. The minimum absolute atomic E-state index is 0.0131. The van der Waals surface area contributed by atoms with Gasteiger partial charge in [-0.1, -0.05) is 49.4 Å². The van der Waals surface area contributed by atoms with E-state index in [-0.39, 0.29) is 29.8 Å². The lowest BCUT2D eigenvalue weighted by Gasteiger charge is -2.29. The molecule has 1 heterocycles. The molecule has 0 saturated carbocycles. The number of benzene rings is 3. The molecule has 0 bridgehead atoms.